The molecule has 1 atom stereocenters. The predicted molar refractivity (Wildman–Crippen MR) is 97.0 cm³/mol. The van der Waals surface area contributed by atoms with Gasteiger partial charge in [0.25, 0.3) is 5.78 Å². The summed E-state index contributed by atoms with van der Waals surface area (Å²) in [5.41, 5.74) is 2.75. The minimum absolute atomic E-state index is 0. The Bertz CT molecular complexity index is 749. The zero-order valence-electron chi connectivity index (χ0n) is 14.4. The molecule has 0 unspecified atom stereocenters. The average molecular weight is 371 g/mol. The van der Waals surface area contributed by atoms with Gasteiger partial charge in [-0.1, -0.05) is 11.8 Å². The maximum absolute atomic E-state index is 12.6. The van der Waals surface area contributed by atoms with Crippen molar-refractivity contribution in [1.29, 1.82) is 0 Å². The second-order valence-electron chi connectivity index (χ2n) is 5.94. The Balaban J connectivity index is 0.00000208. The van der Waals surface area contributed by atoms with Crippen molar-refractivity contribution in [3.8, 4) is 0 Å². The molecule has 1 saturated heterocycles. The highest BCUT2D eigenvalue weighted by molar-refractivity contribution is 7.98. The fourth-order valence-electron chi connectivity index (χ4n) is 2.95. The largest absolute Gasteiger partial charge is 0.340 e. The van der Waals surface area contributed by atoms with E-state index in [1.54, 1.807) is 4.52 Å². The molecule has 0 bridgehead atoms. The molecule has 1 amide bonds. The predicted octanol–water partition coefficient (Wildman–Crippen LogP) is 1.25. The van der Waals surface area contributed by atoms with Gasteiger partial charge in [-0.05, 0) is 27.0 Å². The smallest absolute Gasteiger partial charge is 0.253 e. The molecule has 1 fully saturated rings. The van der Waals surface area contributed by atoms with Crippen molar-refractivity contribution in [3.63, 3.8) is 0 Å². The van der Waals surface area contributed by atoms with Gasteiger partial charge in [-0.25, -0.2) is 9.50 Å². The van der Waals surface area contributed by atoms with E-state index in [-0.39, 0.29) is 18.3 Å². The molecular weight excluding hydrogens is 348 g/mol. The van der Waals surface area contributed by atoms with Crippen LogP contribution in [-0.4, -0.2) is 62.3 Å². The number of thioether (sulfide) groups is 1. The lowest BCUT2D eigenvalue weighted by Crippen LogP contribution is -2.51. The number of rotatable bonds is 3. The van der Waals surface area contributed by atoms with Crippen LogP contribution in [0.4, 0.5) is 0 Å². The first kappa shape index (κ1) is 19.0. The lowest BCUT2D eigenvalue weighted by Gasteiger charge is -2.32. The number of aromatic nitrogens is 4. The SMILES string of the molecule is CSc1nc2nc(C)c(CC(=O)N3CCN[C@H](C)C3)c(C)n2n1.Cl. The summed E-state index contributed by atoms with van der Waals surface area (Å²) in [6.07, 6.45) is 2.30. The third-order valence-electron chi connectivity index (χ3n) is 4.26. The van der Waals surface area contributed by atoms with Gasteiger partial charge >= 0.3 is 0 Å². The van der Waals surface area contributed by atoms with Gasteiger partial charge in [-0.3, -0.25) is 4.79 Å². The van der Waals surface area contributed by atoms with Gasteiger partial charge in [0.1, 0.15) is 0 Å². The van der Waals surface area contributed by atoms with Crippen LogP contribution in [0.5, 0.6) is 0 Å². The molecule has 2 aromatic rings. The van der Waals surface area contributed by atoms with Crippen molar-refractivity contribution in [2.75, 3.05) is 25.9 Å². The van der Waals surface area contributed by atoms with E-state index in [2.05, 4.69) is 27.3 Å². The van der Waals surface area contributed by atoms with E-state index in [1.165, 1.54) is 11.8 Å². The van der Waals surface area contributed by atoms with Crippen LogP contribution in [0.1, 0.15) is 23.9 Å². The van der Waals surface area contributed by atoms with Crippen LogP contribution in [0.2, 0.25) is 0 Å². The van der Waals surface area contributed by atoms with Gasteiger partial charge in [0.05, 0.1) is 6.42 Å². The quantitative estimate of drug-likeness (QED) is 0.819. The number of nitrogens with zero attached hydrogens (tertiary/aromatic N) is 5. The zero-order chi connectivity index (χ0) is 16.6. The van der Waals surface area contributed by atoms with E-state index in [4.69, 9.17) is 0 Å². The average Bonchev–Trinajstić information content (AvgIpc) is 2.94. The zero-order valence-corrected chi connectivity index (χ0v) is 16.0. The van der Waals surface area contributed by atoms with Crippen LogP contribution >= 0.6 is 24.2 Å². The molecule has 2 aromatic heterocycles. The Morgan fingerprint density at radius 1 is 1.38 bits per heavy atom. The van der Waals surface area contributed by atoms with E-state index in [1.807, 2.05) is 25.0 Å². The molecule has 24 heavy (non-hydrogen) atoms. The van der Waals surface area contributed by atoms with Crippen LogP contribution in [0.15, 0.2) is 5.16 Å². The molecule has 7 nitrogen and oxygen atoms in total. The van der Waals surface area contributed by atoms with Crippen LogP contribution in [0.25, 0.3) is 5.78 Å². The third kappa shape index (κ3) is 3.65. The summed E-state index contributed by atoms with van der Waals surface area (Å²) in [5, 5.41) is 8.49. The number of carbonyl (C=O) groups is 1. The highest BCUT2D eigenvalue weighted by Gasteiger charge is 2.23. The highest BCUT2D eigenvalue weighted by Crippen LogP contribution is 2.18. The van der Waals surface area contributed by atoms with Gasteiger partial charge < -0.3 is 10.2 Å². The van der Waals surface area contributed by atoms with Crippen molar-refractivity contribution in [1.82, 2.24) is 29.8 Å². The van der Waals surface area contributed by atoms with Crippen molar-refractivity contribution < 1.29 is 4.79 Å². The lowest BCUT2D eigenvalue weighted by molar-refractivity contribution is -0.131. The van der Waals surface area contributed by atoms with Gasteiger partial charge in [0.15, 0.2) is 0 Å². The molecule has 1 N–H and O–H groups in total. The van der Waals surface area contributed by atoms with Gasteiger partial charge in [0.2, 0.25) is 11.1 Å². The Morgan fingerprint density at radius 3 is 2.79 bits per heavy atom. The van der Waals surface area contributed by atoms with Gasteiger partial charge in [-0.2, -0.15) is 4.98 Å². The summed E-state index contributed by atoms with van der Waals surface area (Å²) in [5.74, 6) is 0.743. The molecule has 3 rings (SSSR count). The number of nitrogens with one attached hydrogen (secondary N) is 1. The summed E-state index contributed by atoms with van der Waals surface area (Å²) in [4.78, 5) is 23.4. The van der Waals surface area contributed by atoms with Crippen LogP contribution < -0.4 is 5.32 Å². The molecule has 0 aliphatic carbocycles. The maximum atomic E-state index is 12.6. The van der Waals surface area contributed by atoms with Gasteiger partial charge in [-0.15, -0.1) is 17.5 Å². The Morgan fingerprint density at radius 2 is 2.12 bits per heavy atom. The van der Waals surface area contributed by atoms with Crippen molar-refractivity contribution in [3.05, 3.63) is 17.0 Å². The van der Waals surface area contributed by atoms with E-state index < -0.39 is 0 Å². The standard InChI is InChI=1S/C15H22N6OS.ClH/c1-9-8-20(6-5-16-9)13(22)7-12-10(2)17-14-18-15(23-4)19-21(14)11(12)3;/h9,16H,5-8H2,1-4H3;1H/t9-;/m1./s1. The van der Waals surface area contributed by atoms with Crippen molar-refractivity contribution in [2.24, 2.45) is 0 Å². The topological polar surface area (TPSA) is 75.4 Å². The number of hydrogen-bond donors (Lipinski definition) is 1. The molecule has 0 spiro atoms. The number of halogens is 1. The minimum atomic E-state index is 0. The van der Waals surface area contributed by atoms with Crippen molar-refractivity contribution in [2.45, 2.75) is 38.4 Å². The van der Waals surface area contributed by atoms with Gasteiger partial charge in [0, 0.05) is 42.6 Å². The molecule has 3 heterocycles. The van der Waals surface area contributed by atoms with Crippen LogP contribution in [0.3, 0.4) is 0 Å². The summed E-state index contributed by atoms with van der Waals surface area (Å²) in [7, 11) is 0. The van der Waals surface area contributed by atoms with Crippen LogP contribution in [0, 0.1) is 13.8 Å². The molecule has 0 aromatic carbocycles. The fraction of sp³-hybridized carbons (Fsp3) is 0.600. The Hall–Kier alpha value is -1.38. The number of piperazine rings is 1. The number of hydrogen-bond acceptors (Lipinski definition) is 6. The molecular formula is C15H23ClN6OS. The molecule has 0 saturated carbocycles. The number of aryl methyl sites for hydroxylation is 2. The summed E-state index contributed by atoms with van der Waals surface area (Å²) >= 11 is 1.49. The van der Waals surface area contributed by atoms with Crippen molar-refractivity contribution >= 4 is 35.9 Å². The summed E-state index contributed by atoms with van der Waals surface area (Å²) in [6.45, 7) is 8.38. The second kappa shape index (κ2) is 7.67. The van der Waals surface area contributed by atoms with E-state index in [9.17, 15) is 4.79 Å². The Kier molecular flexibility index (Phi) is 6.06. The number of fused-ring (bicyclic) bond motifs is 1. The molecule has 132 valence electrons. The van der Waals surface area contributed by atoms with E-state index in [0.29, 0.717) is 23.4 Å². The van der Waals surface area contributed by atoms with E-state index >= 15 is 0 Å². The maximum Gasteiger partial charge on any atom is 0.253 e. The lowest BCUT2D eigenvalue weighted by atomic mass is 10.1. The highest BCUT2D eigenvalue weighted by atomic mass is 35.5. The number of carbonyl (C=O) groups excluding carboxylic acids is 1. The fourth-order valence-corrected chi connectivity index (χ4v) is 3.29. The molecule has 1 aliphatic rings. The summed E-state index contributed by atoms with van der Waals surface area (Å²) < 4.78 is 1.74. The normalized spacial score (nSPS) is 17.8. The minimum Gasteiger partial charge on any atom is -0.340 e. The first-order valence-corrected chi connectivity index (χ1v) is 9.00. The molecule has 0 radical (unpaired) electrons. The second-order valence-corrected chi connectivity index (χ2v) is 6.72. The van der Waals surface area contributed by atoms with Crippen LogP contribution in [-0.2, 0) is 11.2 Å². The van der Waals surface area contributed by atoms with E-state index in [0.717, 1.165) is 36.6 Å². The Labute approximate surface area is 152 Å². The molecule has 1 aliphatic heterocycles. The number of amides is 1. The summed E-state index contributed by atoms with van der Waals surface area (Å²) in [6, 6.07) is 0.343. The first-order valence-electron chi connectivity index (χ1n) is 7.77. The monoisotopic (exact) mass is 370 g/mol. The molecule has 9 heteroatoms. The first-order chi connectivity index (χ1) is 11.0. The third-order valence-corrected chi connectivity index (χ3v) is 4.80.